The predicted octanol–water partition coefficient (Wildman–Crippen LogP) is -3.61. The number of primary amides is 2. The summed E-state index contributed by atoms with van der Waals surface area (Å²) in [5.74, 6) is -13.1. The molecule has 94 heavy (non-hydrogen) atoms. The summed E-state index contributed by atoms with van der Waals surface area (Å²) in [6.45, 7) is 1.65. The number of aliphatic hydroxyl groups excluding tert-OH is 1. The van der Waals surface area contributed by atoms with E-state index < -0.39 is 151 Å². The van der Waals surface area contributed by atoms with Crippen molar-refractivity contribution in [3.63, 3.8) is 0 Å². The van der Waals surface area contributed by atoms with Gasteiger partial charge in [0.2, 0.25) is 65.0 Å². The monoisotopic (exact) mass is 1300 g/mol. The van der Waals surface area contributed by atoms with E-state index in [9.17, 15) is 72.9 Å². The van der Waals surface area contributed by atoms with Gasteiger partial charge in [0.25, 0.3) is 0 Å². The zero-order valence-corrected chi connectivity index (χ0v) is 51.8. The molecule has 11 amide bonds. The number of hydrogen-bond donors (Lipinski definition) is 18. The number of aromatic hydroxyl groups is 1. The van der Waals surface area contributed by atoms with Crippen molar-refractivity contribution in [1.29, 1.82) is 0 Å². The molecule has 23 N–H and O–H groups in total. The second-order valence-corrected chi connectivity index (χ2v) is 22.6. The number of para-hydroxylation sites is 1. The number of nitrogens with zero attached hydrogens (tertiary/aromatic N) is 1. The maximum atomic E-state index is 14.5. The highest BCUT2D eigenvalue weighted by Gasteiger charge is 2.36. The Hall–Kier alpha value is -11.0. The Bertz CT molecular complexity index is 3480. The van der Waals surface area contributed by atoms with Crippen LogP contribution in [-0.2, 0) is 83.2 Å². The molecule has 31 nitrogen and oxygen atoms in total. The minimum absolute atomic E-state index is 0.0214. The minimum atomic E-state index is -1.91. The number of carboxylic acids is 1. The highest BCUT2D eigenvalue weighted by atomic mass is 16.4. The quantitative estimate of drug-likeness (QED) is 0.0103. The Morgan fingerprint density at radius 1 is 0.500 bits per heavy atom. The first-order valence-electron chi connectivity index (χ1n) is 30.0. The molecule has 0 aliphatic heterocycles. The molecule has 4 aromatic carbocycles. The molecule has 0 fully saturated rings. The molecule has 0 aliphatic rings. The van der Waals surface area contributed by atoms with Crippen molar-refractivity contribution in [2.24, 2.45) is 39.6 Å². The molecule has 0 bridgehead atoms. The first kappa shape index (κ1) is 73.8. The Morgan fingerprint density at radius 2 is 0.957 bits per heavy atom. The fraction of sp³-hybridized carbons (Fsp3) is 0.381. The van der Waals surface area contributed by atoms with E-state index in [1.807, 2.05) is 0 Å². The van der Waals surface area contributed by atoms with Gasteiger partial charge in [0, 0.05) is 42.9 Å². The topological polar surface area (TPSA) is 532 Å². The van der Waals surface area contributed by atoms with Gasteiger partial charge in [0.15, 0.2) is 5.96 Å². The fourth-order valence-corrected chi connectivity index (χ4v) is 9.76. The number of fused-ring (bicyclic) bond motifs is 1. The molecule has 0 saturated carbocycles. The van der Waals surface area contributed by atoms with Crippen molar-refractivity contribution in [2.45, 2.75) is 126 Å². The molecule has 504 valence electrons. The van der Waals surface area contributed by atoms with Crippen LogP contribution in [0.4, 0.5) is 0 Å². The van der Waals surface area contributed by atoms with Gasteiger partial charge in [-0.1, -0.05) is 105 Å². The molecular formula is C63H82N16O15. The number of H-pyrrole nitrogens is 1. The van der Waals surface area contributed by atoms with Crippen LogP contribution < -0.4 is 76.5 Å². The molecule has 0 unspecified atom stereocenters. The number of carbonyl (C=O) groups is 12. The van der Waals surface area contributed by atoms with E-state index in [-0.39, 0.29) is 69.1 Å². The number of phenols is 1. The van der Waals surface area contributed by atoms with Gasteiger partial charge in [-0.2, -0.15) is 0 Å². The number of carbonyl (C=O) groups excluding carboxylic acids is 11. The first-order chi connectivity index (χ1) is 44.7. The smallest absolute Gasteiger partial charge is 0.326 e. The Labute approximate surface area is 540 Å². The zero-order chi connectivity index (χ0) is 69.0. The summed E-state index contributed by atoms with van der Waals surface area (Å²) in [5, 5.41) is 52.9. The predicted molar refractivity (Wildman–Crippen MR) is 342 cm³/mol. The van der Waals surface area contributed by atoms with Crippen LogP contribution in [0, 0.1) is 5.92 Å². The SMILES string of the molecule is CC(C)C[C@H](NC(=O)CNC(=O)[C@H](Cc1ccccc1)NC(=O)[C@H](CO)NC(=O)[C@H](CC(N)=O)NC(=O)[C@H](Cc1c[nH]c2ccccc12)NC(=O)[C@H](CC(N)=O)NC(=O)[C@@H](N)Cc1ccc(O)cc1)C(=O)N[C@@H](CCCN=C(N)N)C(=O)N[C@@H](Cc1ccccc1)C(=O)O. The van der Waals surface area contributed by atoms with Gasteiger partial charge in [0.05, 0.1) is 32.0 Å². The molecule has 5 aromatic rings. The Kier molecular flexibility index (Phi) is 28.9. The number of nitrogens with one attached hydrogen (secondary N) is 10. The number of aliphatic imine (C=N–C) groups is 1. The van der Waals surface area contributed by atoms with E-state index in [1.165, 1.54) is 24.3 Å². The number of benzene rings is 4. The number of aromatic amines is 1. The van der Waals surface area contributed by atoms with E-state index in [4.69, 9.17) is 28.7 Å². The first-order valence-corrected chi connectivity index (χ1v) is 30.0. The molecule has 9 atom stereocenters. The maximum Gasteiger partial charge on any atom is 0.326 e. The van der Waals surface area contributed by atoms with Crippen LogP contribution in [0.5, 0.6) is 5.75 Å². The fourth-order valence-electron chi connectivity index (χ4n) is 9.76. The third-order valence-corrected chi connectivity index (χ3v) is 14.5. The summed E-state index contributed by atoms with van der Waals surface area (Å²) >= 11 is 0. The molecular weight excluding hydrogens is 1220 g/mol. The van der Waals surface area contributed by atoms with Gasteiger partial charge in [-0.05, 0) is 72.1 Å². The molecule has 1 heterocycles. The highest BCUT2D eigenvalue weighted by molar-refractivity contribution is 6.00. The number of rotatable bonds is 38. The number of amides is 11. The van der Waals surface area contributed by atoms with Gasteiger partial charge in [-0.25, -0.2) is 4.79 Å². The van der Waals surface area contributed by atoms with E-state index in [1.54, 1.807) is 105 Å². The number of aliphatic hydroxyl groups is 1. The van der Waals surface area contributed by atoms with Crippen molar-refractivity contribution in [2.75, 3.05) is 19.7 Å². The molecule has 0 aliphatic carbocycles. The van der Waals surface area contributed by atoms with Gasteiger partial charge in [-0.3, -0.25) is 57.7 Å². The molecule has 0 saturated heterocycles. The Morgan fingerprint density at radius 3 is 1.51 bits per heavy atom. The highest BCUT2D eigenvalue weighted by Crippen LogP contribution is 2.20. The van der Waals surface area contributed by atoms with Crippen molar-refractivity contribution in [1.82, 2.24) is 52.8 Å². The molecule has 0 spiro atoms. The van der Waals surface area contributed by atoms with Crippen LogP contribution in [-0.4, -0.2) is 171 Å². The number of phenolic OH excluding ortho intramolecular Hbond substituents is 1. The normalized spacial score (nSPS) is 13.9. The van der Waals surface area contributed by atoms with Crippen molar-refractivity contribution in [3.8, 4) is 5.75 Å². The number of nitrogens with two attached hydrogens (primary N) is 5. The molecule has 5 rings (SSSR count). The molecule has 0 radical (unpaired) electrons. The standard InChI is InChI=1S/C63H82N16O15/c1-34(2)24-44(57(88)73-43(18-11-23-69-63(67)68)56(87)78-49(62(93)94)27-36-14-7-4-8-15-36)72-53(84)32-71-55(86)45(26-35-12-5-3-6-13-35)75-61(92)50(33-80)79-60(91)48(30-52(66)83)77-58(89)46(28-38-31-70-42-17-10-9-16-40(38)42)76-59(90)47(29-51(65)82)74-54(85)41(64)25-37-19-21-39(81)22-20-37/h3-10,12-17,19-22,31,34,41,43-50,70,80-81H,11,18,23-30,32-33,64H2,1-2H3,(H2,65,82)(H2,66,83)(H,71,86)(H,72,84)(H,73,88)(H,74,85)(H,75,92)(H,76,90)(H,77,89)(H,78,87)(H,79,91)(H,93,94)(H4,67,68,69)/t41-,43-,44-,45-,46-,47-,48-,49-,50-/m0/s1. The summed E-state index contributed by atoms with van der Waals surface area (Å²) < 4.78 is 0. The summed E-state index contributed by atoms with van der Waals surface area (Å²) in [7, 11) is 0. The number of carboxylic acid groups (broad SMARTS) is 1. The van der Waals surface area contributed by atoms with E-state index in [0.29, 0.717) is 33.2 Å². The van der Waals surface area contributed by atoms with Crippen LogP contribution in [0.25, 0.3) is 10.9 Å². The van der Waals surface area contributed by atoms with E-state index in [0.717, 1.165) is 0 Å². The number of aliphatic carboxylic acids is 1. The van der Waals surface area contributed by atoms with Crippen LogP contribution >= 0.6 is 0 Å². The maximum absolute atomic E-state index is 14.5. The molecule has 1 aromatic heterocycles. The van der Waals surface area contributed by atoms with E-state index in [2.05, 4.69) is 57.8 Å². The van der Waals surface area contributed by atoms with Crippen LogP contribution in [0.2, 0.25) is 0 Å². The summed E-state index contributed by atoms with van der Waals surface area (Å²) in [4.78, 5) is 170. The Balaban J connectivity index is 1.30. The molecule has 31 heteroatoms. The van der Waals surface area contributed by atoms with Gasteiger partial charge in [0.1, 0.15) is 54.1 Å². The van der Waals surface area contributed by atoms with Gasteiger partial charge < -0.3 is 96.8 Å². The number of aromatic nitrogens is 1. The summed E-state index contributed by atoms with van der Waals surface area (Å²) in [5.41, 5.74) is 30.9. The second-order valence-electron chi connectivity index (χ2n) is 22.6. The average Bonchev–Trinajstić information content (AvgIpc) is 1.69. The van der Waals surface area contributed by atoms with Crippen LogP contribution in [0.3, 0.4) is 0 Å². The number of hydrogen-bond acceptors (Lipinski definition) is 16. The van der Waals surface area contributed by atoms with Gasteiger partial charge in [-0.15, -0.1) is 0 Å². The third-order valence-electron chi connectivity index (χ3n) is 14.5. The van der Waals surface area contributed by atoms with Crippen LogP contribution in [0.1, 0.15) is 68.2 Å². The third kappa shape index (κ3) is 24.7. The van der Waals surface area contributed by atoms with Crippen molar-refractivity contribution >= 4 is 87.8 Å². The lowest BCUT2D eigenvalue weighted by molar-refractivity contribution is -0.142. The lowest BCUT2D eigenvalue weighted by Crippen LogP contribution is -2.61. The lowest BCUT2D eigenvalue weighted by atomic mass is 10.0. The number of guanidine groups is 1. The zero-order valence-electron chi connectivity index (χ0n) is 51.8. The lowest BCUT2D eigenvalue weighted by Gasteiger charge is -2.27. The van der Waals surface area contributed by atoms with E-state index >= 15 is 0 Å². The average molecular weight is 1300 g/mol. The van der Waals surface area contributed by atoms with Crippen molar-refractivity contribution in [3.05, 3.63) is 138 Å². The van der Waals surface area contributed by atoms with Crippen molar-refractivity contribution < 1.29 is 72.9 Å². The summed E-state index contributed by atoms with van der Waals surface area (Å²) in [6.07, 6.45) is -0.697. The minimum Gasteiger partial charge on any atom is -0.508 e. The van der Waals surface area contributed by atoms with Crippen LogP contribution in [0.15, 0.2) is 120 Å². The largest absolute Gasteiger partial charge is 0.508 e. The summed E-state index contributed by atoms with van der Waals surface area (Å²) in [6, 6.07) is 15.4. The second kappa shape index (κ2) is 36.8. The van der Waals surface area contributed by atoms with Gasteiger partial charge >= 0.3 is 5.97 Å².